The maximum absolute atomic E-state index is 11.6. The normalized spacial score (nSPS) is 21.5. The Balaban J connectivity index is 1.73. The summed E-state index contributed by atoms with van der Waals surface area (Å²) in [6, 6.07) is 0.0271. The lowest BCUT2D eigenvalue weighted by Gasteiger charge is -2.40. The average Bonchev–Trinajstić information content (AvgIpc) is 2.73. The topological polar surface area (TPSA) is 61.8 Å². The van der Waals surface area contributed by atoms with Crippen molar-refractivity contribution in [3.63, 3.8) is 0 Å². The second-order valence-electron chi connectivity index (χ2n) is 4.09. The number of nitrogens with zero attached hydrogens (tertiary/aromatic N) is 2. The minimum atomic E-state index is -3.16. The van der Waals surface area contributed by atoms with Crippen molar-refractivity contribution < 1.29 is 8.42 Å². The Labute approximate surface area is 111 Å². The summed E-state index contributed by atoms with van der Waals surface area (Å²) < 4.78 is 25.9. The predicted octanol–water partition coefficient (Wildman–Crippen LogP) is 0.322. The monoisotopic (exact) mass is 297 g/mol. The second-order valence-corrected chi connectivity index (χ2v) is 7.41. The summed E-state index contributed by atoms with van der Waals surface area (Å²) in [5, 5.41) is 1.06. The Bertz CT molecular complexity index is 393. The number of alkyl halides is 1. The molecule has 0 saturated carbocycles. The van der Waals surface area contributed by atoms with Crippen LogP contribution >= 0.6 is 23.4 Å². The van der Waals surface area contributed by atoms with Gasteiger partial charge in [-0.3, -0.25) is 4.99 Å². The van der Waals surface area contributed by atoms with Crippen molar-refractivity contribution in [2.45, 2.75) is 12.5 Å². The lowest BCUT2D eigenvalue weighted by Crippen LogP contribution is -2.60. The number of hydrogen-bond donors (Lipinski definition) is 1. The van der Waals surface area contributed by atoms with Gasteiger partial charge >= 0.3 is 0 Å². The molecule has 0 aromatic heterocycles. The minimum absolute atomic E-state index is 0.0271. The van der Waals surface area contributed by atoms with Gasteiger partial charge in [-0.2, -0.15) is 0 Å². The molecule has 17 heavy (non-hydrogen) atoms. The Hall–Kier alpha value is 0.0200. The molecule has 98 valence electrons. The highest BCUT2D eigenvalue weighted by atomic mass is 35.5. The van der Waals surface area contributed by atoms with E-state index in [9.17, 15) is 8.42 Å². The van der Waals surface area contributed by atoms with Crippen LogP contribution in [0.2, 0.25) is 0 Å². The van der Waals surface area contributed by atoms with Crippen LogP contribution in [0.25, 0.3) is 0 Å². The number of sulfonamides is 1. The van der Waals surface area contributed by atoms with Crippen molar-refractivity contribution in [3.05, 3.63) is 0 Å². The van der Waals surface area contributed by atoms with Crippen molar-refractivity contribution >= 4 is 38.6 Å². The summed E-state index contributed by atoms with van der Waals surface area (Å²) in [6.45, 7) is 2.33. The van der Waals surface area contributed by atoms with Gasteiger partial charge in [-0.1, -0.05) is 11.8 Å². The lowest BCUT2D eigenvalue weighted by atomic mass is 10.1. The van der Waals surface area contributed by atoms with Crippen molar-refractivity contribution in [2.75, 3.05) is 37.0 Å². The summed E-state index contributed by atoms with van der Waals surface area (Å²) in [7, 11) is -3.16. The van der Waals surface area contributed by atoms with Crippen LogP contribution in [-0.2, 0) is 10.0 Å². The van der Waals surface area contributed by atoms with Crippen LogP contribution in [0, 0.1) is 0 Å². The highest BCUT2D eigenvalue weighted by molar-refractivity contribution is 8.14. The molecular formula is C9H16ClN3O2S2. The van der Waals surface area contributed by atoms with E-state index in [0.29, 0.717) is 12.3 Å². The summed E-state index contributed by atoms with van der Waals surface area (Å²) in [4.78, 5) is 6.47. The zero-order chi connectivity index (χ0) is 12.3. The number of hydrogen-bond acceptors (Lipinski definition) is 5. The fourth-order valence-corrected chi connectivity index (χ4v) is 4.25. The van der Waals surface area contributed by atoms with Gasteiger partial charge in [0.25, 0.3) is 0 Å². The number of aliphatic imine (C=N–C) groups is 1. The molecule has 2 aliphatic rings. The molecule has 0 radical (unpaired) electrons. The van der Waals surface area contributed by atoms with E-state index in [0.717, 1.165) is 30.6 Å². The largest absolute Gasteiger partial charge is 0.348 e. The van der Waals surface area contributed by atoms with E-state index < -0.39 is 10.0 Å². The van der Waals surface area contributed by atoms with E-state index in [1.54, 1.807) is 11.8 Å². The van der Waals surface area contributed by atoms with Gasteiger partial charge in [-0.05, 0) is 6.42 Å². The SMILES string of the molecule is O=S(=O)(CCCCl)NC1CN(C2=NCCS2)C1. The maximum Gasteiger partial charge on any atom is 0.212 e. The molecular weight excluding hydrogens is 282 g/mol. The third-order valence-electron chi connectivity index (χ3n) is 2.61. The van der Waals surface area contributed by atoms with Gasteiger partial charge in [0.1, 0.15) is 0 Å². The van der Waals surface area contributed by atoms with Gasteiger partial charge in [-0.15, -0.1) is 11.6 Å². The number of halogens is 1. The maximum atomic E-state index is 11.6. The zero-order valence-corrected chi connectivity index (χ0v) is 11.8. The quantitative estimate of drug-likeness (QED) is 0.743. The molecule has 1 saturated heterocycles. The first-order valence-electron chi connectivity index (χ1n) is 5.59. The van der Waals surface area contributed by atoms with Crippen molar-refractivity contribution in [1.82, 2.24) is 9.62 Å². The van der Waals surface area contributed by atoms with Crippen molar-refractivity contribution in [1.29, 1.82) is 0 Å². The van der Waals surface area contributed by atoms with Crippen molar-refractivity contribution in [3.8, 4) is 0 Å². The van der Waals surface area contributed by atoms with Crippen LogP contribution < -0.4 is 4.72 Å². The summed E-state index contributed by atoms with van der Waals surface area (Å²) >= 11 is 7.22. The Kier molecular flexibility index (Phi) is 4.57. The standard InChI is InChI=1S/C9H16ClN3O2S2/c10-2-1-5-17(14,15)12-8-6-13(7-8)9-11-3-4-16-9/h8,12H,1-7H2. The van der Waals surface area contributed by atoms with E-state index in [2.05, 4.69) is 14.6 Å². The predicted molar refractivity (Wildman–Crippen MR) is 72.4 cm³/mol. The zero-order valence-electron chi connectivity index (χ0n) is 9.43. The molecule has 2 rings (SSSR count). The first-order chi connectivity index (χ1) is 8.11. The van der Waals surface area contributed by atoms with Crippen LogP contribution in [0.15, 0.2) is 4.99 Å². The van der Waals surface area contributed by atoms with E-state index in [4.69, 9.17) is 11.6 Å². The molecule has 0 bridgehead atoms. The number of nitrogens with one attached hydrogen (secondary N) is 1. The van der Waals surface area contributed by atoms with Crippen LogP contribution in [0.1, 0.15) is 6.42 Å². The first kappa shape index (κ1) is 13.5. The third kappa shape index (κ3) is 3.74. The van der Waals surface area contributed by atoms with E-state index in [-0.39, 0.29) is 11.8 Å². The van der Waals surface area contributed by atoms with E-state index >= 15 is 0 Å². The Morgan fingerprint density at radius 3 is 2.88 bits per heavy atom. The molecule has 1 N–H and O–H groups in total. The molecule has 0 aromatic carbocycles. The smallest absolute Gasteiger partial charge is 0.212 e. The van der Waals surface area contributed by atoms with Gasteiger partial charge in [0.2, 0.25) is 10.0 Å². The first-order valence-corrected chi connectivity index (χ1v) is 8.76. The lowest BCUT2D eigenvalue weighted by molar-refractivity contribution is 0.243. The molecule has 8 heteroatoms. The molecule has 0 aromatic rings. The third-order valence-corrected chi connectivity index (χ3v) is 5.43. The second kappa shape index (κ2) is 5.77. The highest BCUT2D eigenvalue weighted by Crippen LogP contribution is 2.21. The number of likely N-dealkylation sites (tertiary alicyclic amines) is 1. The summed E-state index contributed by atoms with van der Waals surface area (Å²) in [6.07, 6.45) is 0.496. The number of amidine groups is 1. The average molecular weight is 298 g/mol. The minimum Gasteiger partial charge on any atom is -0.348 e. The van der Waals surface area contributed by atoms with Gasteiger partial charge in [0, 0.05) is 24.7 Å². The van der Waals surface area contributed by atoms with Crippen LogP contribution in [0.4, 0.5) is 0 Å². The molecule has 1 fully saturated rings. The number of rotatable bonds is 5. The number of thioether (sulfide) groups is 1. The molecule has 0 amide bonds. The molecule has 0 aliphatic carbocycles. The van der Waals surface area contributed by atoms with Crippen LogP contribution in [0.3, 0.4) is 0 Å². The fraction of sp³-hybridized carbons (Fsp3) is 0.889. The molecule has 0 spiro atoms. The molecule has 2 heterocycles. The Morgan fingerprint density at radius 1 is 1.53 bits per heavy atom. The summed E-state index contributed by atoms with van der Waals surface area (Å²) in [5.41, 5.74) is 0. The molecule has 0 unspecified atom stereocenters. The van der Waals surface area contributed by atoms with Gasteiger partial charge < -0.3 is 4.90 Å². The fourth-order valence-electron chi connectivity index (χ4n) is 1.78. The van der Waals surface area contributed by atoms with E-state index in [1.165, 1.54) is 0 Å². The Morgan fingerprint density at radius 2 is 2.29 bits per heavy atom. The van der Waals surface area contributed by atoms with Crippen LogP contribution in [-0.4, -0.2) is 61.5 Å². The highest BCUT2D eigenvalue weighted by Gasteiger charge is 2.32. The van der Waals surface area contributed by atoms with Gasteiger partial charge in [-0.25, -0.2) is 13.1 Å². The molecule has 0 atom stereocenters. The summed E-state index contributed by atoms with van der Waals surface area (Å²) in [5.74, 6) is 1.53. The van der Waals surface area contributed by atoms with Gasteiger partial charge in [0.15, 0.2) is 5.17 Å². The van der Waals surface area contributed by atoms with Crippen LogP contribution in [0.5, 0.6) is 0 Å². The van der Waals surface area contributed by atoms with Gasteiger partial charge in [0.05, 0.1) is 18.3 Å². The van der Waals surface area contributed by atoms with E-state index in [1.807, 2.05) is 0 Å². The molecule has 5 nitrogen and oxygen atoms in total. The molecule has 2 aliphatic heterocycles. The van der Waals surface area contributed by atoms with Crippen molar-refractivity contribution in [2.24, 2.45) is 4.99 Å².